The summed E-state index contributed by atoms with van der Waals surface area (Å²) in [6.45, 7) is -0.528. The molecular weight excluding hydrogens is 246 g/mol. The Morgan fingerprint density at radius 2 is 1.00 bits per heavy atom. The fourth-order valence-corrected chi connectivity index (χ4v) is 0. The van der Waals surface area contributed by atoms with Crippen LogP contribution in [0.15, 0.2) is 0 Å². The molecule has 0 aromatic heterocycles. The standard InChI is InChI=1S/2C2H4BrF/c2*3-1-2-4/h2*1-2H2. The van der Waals surface area contributed by atoms with Gasteiger partial charge < -0.3 is 0 Å². The number of alkyl halides is 4. The van der Waals surface area contributed by atoms with Crippen molar-refractivity contribution in [3.8, 4) is 0 Å². The van der Waals surface area contributed by atoms with E-state index in [0.717, 1.165) is 0 Å². The van der Waals surface area contributed by atoms with Gasteiger partial charge in [-0.15, -0.1) is 0 Å². The van der Waals surface area contributed by atoms with E-state index >= 15 is 0 Å². The predicted octanol–water partition coefficient (Wildman–Crippen LogP) is 2.70. The number of hydrogen-bond acceptors (Lipinski definition) is 0. The summed E-state index contributed by atoms with van der Waals surface area (Å²) in [6, 6.07) is 0. The van der Waals surface area contributed by atoms with Crippen LogP contribution in [-0.4, -0.2) is 24.0 Å². The van der Waals surface area contributed by atoms with Gasteiger partial charge in [-0.2, -0.15) is 0 Å². The van der Waals surface area contributed by atoms with Gasteiger partial charge in [0.15, 0.2) is 0 Å². The maximum atomic E-state index is 10.7. The molecule has 0 aliphatic heterocycles. The Bertz CT molecular complexity index is 20.0. The summed E-state index contributed by atoms with van der Waals surface area (Å²) in [4.78, 5) is 0. The van der Waals surface area contributed by atoms with Crippen molar-refractivity contribution in [2.45, 2.75) is 0 Å². The van der Waals surface area contributed by atoms with E-state index in [1.807, 2.05) is 0 Å². The molecule has 0 aliphatic rings. The minimum absolute atomic E-state index is 0.264. The van der Waals surface area contributed by atoms with Gasteiger partial charge in [0, 0.05) is 10.7 Å². The molecule has 0 aromatic carbocycles. The van der Waals surface area contributed by atoms with Crippen molar-refractivity contribution < 1.29 is 8.78 Å². The molecule has 0 bridgehead atoms. The van der Waals surface area contributed by atoms with E-state index in [1.165, 1.54) is 0 Å². The first kappa shape index (κ1) is 11.6. The van der Waals surface area contributed by atoms with Crippen molar-refractivity contribution in [1.29, 1.82) is 0 Å². The van der Waals surface area contributed by atoms with Gasteiger partial charge in [-0.25, -0.2) is 0 Å². The quantitative estimate of drug-likeness (QED) is 0.664. The SMILES string of the molecule is FCCBr.FCCBr. The zero-order valence-corrected chi connectivity index (χ0v) is 7.51. The van der Waals surface area contributed by atoms with E-state index in [1.54, 1.807) is 0 Å². The molecule has 0 saturated carbocycles. The van der Waals surface area contributed by atoms with E-state index in [0.29, 0.717) is 10.7 Å². The molecule has 0 aliphatic carbocycles. The lowest BCUT2D eigenvalue weighted by atomic mass is 10.9. The van der Waals surface area contributed by atoms with Crippen LogP contribution in [0.5, 0.6) is 0 Å². The van der Waals surface area contributed by atoms with E-state index in [9.17, 15) is 8.78 Å². The Morgan fingerprint density at radius 1 is 0.875 bits per heavy atom. The van der Waals surface area contributed by atoms with Gasteiger partial charge in [0.25, 0.3) is 0 Å². The first-order valence-electron chi connectivity index (χ1n) is 2.07. The Kier molecular flexibility index (Phi) is 22.7. The fraction of sp³-hybridized carbons (Fsp3) is 1.00. The minimum Gasteiger partial charge on any atom is -0.250 e. The highest BCUT2D eigenvalue weighted by Crippen LogP contribution is 1.75. The molecule has 0 nitrogen and oxygen atoms in total. The van der Waals surface area contributed by atoms with Crippen molar-refractivity contribution in [2.24, 2.45) is 0 Å². The monoisotopic (exact) mass is 252 g/mol. The van der Waals surface area contributed by atoms with Crippen LogP contribution >= 0.6 is 31.9 Å². The summed E-state index contributed by atoms with van der Waals surface area (Å²) in [5.41, 5.74) is 0. The molecule has 0 saturated heterocycles. The van der Waals surface area contributed by atoms with Gasteiger partial charge in [-0.3, -0.25) is 8.78 Å². The molecule has 52 valence electrons. The second-order valence-corrected chi connectivity index (χ2v) is 2.34. The van der Waals surface area contributed by atoms with Crippen LogP contribution < -0.4 is 0 Å². The Balaban J connectivity index is 0. The van der Waals surface area contributed by atoms with Crippen molar-refractivity contribution in [2.75, 3.05) is 24.0 Å². The molecule has 0 radical (unpaired) electrons. The van der Waals surface area contributed by atoms with E-state index < -0.39 is 0 Å². The van der Waals surface area contributed by atoms with Gasteiger partial charge in [0.2, 0.25) is 0 Å². The highest BCUT2D eigenvalue weighted by Gasteiger charge is 1.63. The molecule has 0 spiro atoms. The second-order valence-electron chi connectivity index (χ2n) is 0.756. The summed E-state index contributed by atoms with van der Waals surface area (Å²) in [6.07, 6.45) is 0. The fourth-order valence-electron chi connectivity index (χ4n) is 0. The van der Waals surface area contributed by atoms with Gasteiger partial charge >= 0.3 is 0 Å². The first-order valence-corrected chi connectivity index (χ1v) is 4.31. The second kappa shape index (κ2) is 15.7. The predicted molar refractivity (Wildman–Crippen MR) is 39.5 cm³/mol. The van der Waals surface area contributed by atoms with Gasteiger partial charge in [0.1, 0.15) is 0 Å². The van der Waals surface area contributed by atoms with Crippen molar-refractivity contribution in [3.05, 3.63) is 0 Å². The van der Waals surface area contributed by atoms with Crippen LogP contribution in [0.1, 0.15) is 0 Å². The maximum Gasteiger partial charge on any atom is 0.0991 e. The zero-order chi connectivity index (χ0) is 6.83. The summed E-state index contributed by atoms with van der Waals surface area (Å²) in [5.74, 6) is 0. The Hall–Kier alpha value is 0.820. The summed E-state index contributed by atoms with van der Waals surface area (Å²) in [7, 11) is 0. The minimum atomic E-state index is -0.264. The summed E-state index contributed by atoms with van der Waals surface area (Å²) < 4.78 is 21.4. The number of rotatable bonds is 2. The van der Waals surface area contributed by atoms with Crippen LogP contribution in [0.3, 0.4) is 0 Å². The molecular formula is C4H8Br2F2. The summed E-state index contributed by atoms with van der Waals surface area (Å²) >= 11 is 5.75. The Labute approximate surface area is 64.9 Å². The van der Waals surface area contributed by atoms with Crippen LogP contribution in [0, 0.1) is 0 Å². The lowest BCUT2D eigenvalue weighted by Crippen LogP contribution is -1.65. The molecule has 0 heterocycles. The van der Waals surface area contributed by atoms with Crippen LogP contribution in [0.2, 0.25) is 0 Å². The average molecular weight is 254 g/mol. The molecule has 0 rings (SSSR count). The lowest BCUT2D eigenvalue weighted by Gasteiger charge is -1.62. The number of hydrogen-bond donors (Lipinski definition) is 0. The van der Waals surface area contributed by atoms with Gasteiger partial charge in [-0.1, -0.05) is 31.9 Å². The molecule has 0 amide bonds. The van der Waals surface area contributed by atoms with Gasteiger partial charge in [-0.05, 0) is 0 Å². The van der Waals surface area contributed by atoms with Crippen LogP contribution in [-0.2, 0) is 0 Å². The third-order valence-corrected chi connectivity index (χ3v) is 0.742. The van der Waals surface area contributed by atoms with Crippen molar-refractivity contribution >= 4 is 31.9 Å². The highest BCUT2D eigenvalue weighted by atomic mass is 79.9. The maximum absolute atomic E-state index is 10.7. The molecule has 0 unspecified atom stereocenters. The van der Waals surface area contributed by atoms with Crippen LogP contribution in [0.4, 0.5) is 8.78 Å². The largest absolute Gasteiger partial charge is 0.250 e. The zero-order valence-electron chi connectivity index (χ0n) is 4.34. The molecule has 0 fully saturated rings. The Morgan fingerprint density at radius 3 is 1.00 bits per heavy atom. The molecule has 0 N–H and O–H groups in total. The van der Waals surface area contributed by atoms with Crippen molar-refractivity contribution in [3.63, 3.8) is 0 Å². The summed E-state index contributed by atoms with van der Waals surface area (Å²) in [5, 5.41) is 0.931. The van der Waals surface area contributed by atoms with E-state index in [4.69, 9.17) is 0 Å². The molecule has 8 heavy (non-hydrogen) atoms. The third kappa shape index (κ3) is 29.0. The van der Waals surface area contributed by atoms with E-state index in [-0.39, 0.29) is 13.3 Å². The first-order chi connectivity index (χ1) is 3.83. The molecule has 0 atom stereocenters. The lowest BCUT2D eigenvalue weighted by molar-refractivity contribution is 0.534. The van der Waals surface area contributed by atoms with Crippen molar-refractivity contribution in [1.82, 2.24) is 0 Å². The smallest absolute Gasteiger partial charge is 0.0991 e. The normalized spacial score (nSPS) is 7.50. The average Bonchev–Trinajstić information content (AvgIpc) is 1.88. The van der Waals surface area contributed by atoms with Crippen LogP contribution in [0.25, 0.3) is 0 Å². The number of halogens is 4. The van der Waals surface area contributed by atoms with E-state index in [2.05, 4.69) is 31.9 Å². The topological polar surface area (TPSA) is 0 Å². The third-order valence-electron chi connectivity index (χ3n) is 0.143. The van der Waals surface area contributed by atoms with Gasteiger partial charge in [0.05, 0.1) is 13.3 Å². The molecule has 4 heteroatoms. The molecule has 0 aromatic rings. The highest BCUT2D eigenvalue weighted by molar-refractivity contribution is 9.09.